The Morgan fingerprint density at radius 1 is 1.39 bits per heavy atom. The standard InChI is InChI=1S/C13H17Cl2NOS/c1-13(2,12(8-14)16-17-3)9-18-11-6-4-10(15)5-7-11/h4-8,16H,9H2,1-3H3. The van der Waals surface area contributed by atoms with Crippen LogP contribution >= 0.6 is 35.0 Å². The van der Waals surface area contributed by atoms with Crippen molar-refractivity contribution < 1.29 is 4.84 Å². The van der Waals surface area contributed by atoms with Gasteiger partial charge in [-0.05, 0) is 24.3 Å². The Morgan fingerprint density at radius 3 is 2.50 bits per heavy atom. The van der Waals surface area contributed by atoms with Crippen molar-refractivity contribution >= 4 is 35.0 Å². The Labute approximate surface area is 123 Å². The summed E-state index contributed by atoms with van der Waals surface area (Å²) in [5, 5.41) is 0.751. The maximum Gasteiger partial charge on any atom is 0.0636 e. The number of rotatable bonds is 6. The fraction of sp³-hybridized carbons (Fsp3) is 0.385. The van der Waals surface area contributed by atoms with Crippen molar-refractivity contribution in [2.75, 3.05) is 12.9 Å². The van der Waals surface area contributed by atoms with Gasteiger partial charge in [-0.2, -0.15) is 0 Å². The topological polar surface area (TPSA) is 21.3 Å². The quantitative estimate of drug-likeness (QED) is 0.608. The highest BCUT2D eigenvalue weighted by molar-refractivity contribution is 7.99. The summed E-state index contributed by atoms with van der Waals surface area (Å²) in [6.07, 6.45) is 0. The van der Waals surface area contributed by atoms with Gasteiger partial charge in [0.1, 0.15) is 0 Å². The molecule has 5 heteroatoms. The van der Waals surface area contributed by atoms with E-state index >= 15 is 0 Å². The van der Waals surface area contributed by atoms with Crippen LogP contribution in [0.4, 0.5) is 0 Å². The smallest absolute Gasteiger partial charge is 0.0636 e. The fourth-order valence-corrected chi connectivity index (χ4v) is 2.77. The molecule has 0 saturated heterocycles. The van der Waals surface area contributed by atoms with Gasteiger partial charge >= 0.3 is 0 Å². The second kappa shape index (κ2) is 7.29. The molecule has 18 heavy (non-hydrogen) atoms. The van der Waals surface area contributed by atoms with E-state index in [2.05, 4.69) is 19.3 Å². The van der Waals surface area contributed by atoms with Gasteiger partial charge in [0, 0.05) is 26.6 Å². The van der Waals surface area contributed by atoms with E-state index in [1.807, 2.05) is 24.3 Å². The maximum absolute atomic E-state index is 5.85. The number of hydroxylamine groups is 1. The van der Waals surface area contributed by atoms with Crippen molar-refractivity contribution in [1.82, 2.24) is 5.48 Å². The molecule has 1 aromatic rings. The summed E-state index contributed by atoms with van der Waals surface area (Å²) in [5.41, 5.74) is 5.08. The monoisotopic (exact) mass is 305 g/mol. The number of hydrogen-bond acceptors (Lipinski definition) is 3. The molecule has 0 radical (unpaired) electrons. The molecule has 1 aromatic carbocycles. The first-order valence-electron chi connectivity index (χ1n) is 5.48. The lowest BCUT2D eigenvalue weighted by atomic mass is 9.93. The molecule has 0 bridgehead atoms. The molecule has 0 aromatic heterocycles. The lowest BCUT2D eigenvalue weighted by molar-refractivity contribution is 0.101. The molecule has 1 N–H and O–H groups in total. The van der Waals surface area contributed by atoms with E-state index in [-0.39, 0.29) is 5.41 Å². The van der Waals surface area contributed by atoms with Crippen LogP contribution in [0.3, 0.4) is 0 Å². The normalized spacial score (nSPS) is 12.6. The maximum atomic E-state index is 5.85. The minimum atomic E-state index is -0.109. The molecular formula is C13H17Cl2NOS. The molecule has 0 spiro atoms. The van der Waals surface area contributed by atoms with E-state index in [9.17, 15) is 0 Å². The summed E-state index contributed by atoms with van der Waals surface area (Å²) >= 11 is 13.4. The minimum Gasteiger partial charge on any atom is -0.280 e. The molecule has 0 atom stereocenters. The number of allylic oxidation sites excluding steroid dienone is 1. The number of benzene rings is 1. The van der Waals surface area contributed by atoms with E-state index < -0.39 is 0 Å². The van der Waals surface area contributed by atoms with Crippen LogP contribution in [0.15, 0.2) is 40.4 Å². The molecular weight excluding hydrogens is 289 g/mol. The average Bonchev–Trinajstić information content (AvgIpc) is 2.35. The molecule has 100 valence electrons. The van der Waals surface area contributed by atoms with Gasteiger partial charge in [0.25, 0.3) is 0 Å². The van der Waals surface area contributed by atoms with Crippen molar-refractivity contribution in [2.24, 2.45) is 5.41 Å². The second-order valence-electron chi connectivity index (χ2n) is 4.46. The minimum absolute atomic E-state index is 0.109. The van der Waals surface area contributed by atoms with E-state index in [0.29, 0.717) is 0 Å². The highest BCUT2D eigenvalue weighted by Crippen LogP contribution is 2.33. The largest absolute Gasteiger partial charge is 0.280 e. The molecule has 0 fully saturated rings. The zero-order valence-corrected chi connectivity index (χ0v) is 13.0. The van der Waals surface area contributed by atoms with E-state index in [1.165, 1.54) is 10.4 Å². The Kier molecular flexibility index (Phi) is 6.36. The SMILES string of the molecule is CONC(=CCl)C(C)(C)CSc1ccc(Cl)cc1. The molecule has 2 nitrogen and oxygen atoms in total. The van der Waals surface area contributed by atoms with Crippen LogP contribution in [0.2, 0.25) is 5.02 Å². The number of hydrogen-bond donors (Lipinski definition) is 1. The zero-order valence-electron chi connectivity index (χ0n) is 10.7. The lowest BCUT2D eigenvalue weighted by Gasteiger charge is -2.27. The van der Waals surface area contributed by atoms with Crippen molar-refractivity contribution in [1.29, 1.82) is 0 Å². The van der Waals surface area contributed by atoms with Gasteiger partial charge in [0.05, 0.1) is 12.8 Å². The summed E-state index contributed by atoms with van der Waals surface area (Å²) < 4.78 is 0. The first kappa shape index (κ1) is 15.7. The summed E-state index contributed by atoms with van der Waals surface area (Å²) in [4.78, 5) is 6.10. The summed E-state index contributed by atoms with van der Waals surface area (Å²) in [7, 11) is 1.57. The van der Waals surface area contributed by atoms with Crippen LogP contribution in [0, 0.1) is 5.41 Å². The second-order valence-corrected chi connectivity index (χ2v) is 6.16. The Balaban J connectivity index is 2.63. The van der Waals surface area contributed by atoms with Gasteiger partial charge in [-0.25, -0.2) is 0 Å². The fourth-order valence-electron chi connectivity index (χ4n) is 1.29. The van der Waals surface area contributed by atoms with Crippen LogP contribution in [0.5, 0.6) is 0 Å². The summed E-state index contributed by atoms with van der Waals surface area (Å²) in [5.74, 6) is 0.879. The van der Waals surface area contributed by atoms with Crippen molar-refractivity contribution in [3.8, 4) is 0 Å². The molecule has 0 aliphatic carbocycles. The number of thioether (sulfide) groups is 1. The molecule has 0 saturated carbocycles. The Bertz CT molecular complexity index is 404. The zero-order chi connectivity index (χ0) is 13.6. The van der Waals surface area contributed by atoms with Crippen molar-refractivity contribution in [3.05, 3.63) is 40.5 Å². The first-order chi connectivity index (χ1) is 8.49. The van der Waals surface area contributed by atoms with Crippen LogP contribution in [0.1, 0.15) is 13.8 Å². The van der Waals surface area contributed by atoms with Crippen LogP contribution in [0.25, 0.3) is 0 Å². The number of halogens is 2. The molecule has 0 aliphatic rings. The van der Waals surface area contributed by atoms with Gasteiger partial charge in [-0.1, -0.05) is 37.0 Å². The molecule has 1 rings (SSSR count). The third-order valence-electron chi connectivity index (χ3n) is 2.46. The van der Waals surface area contributed by atoms with Crippen molar-refractivity contribution in [2.45, 2.75) is 18.7 Å². The first-order valence-corrected chi connectivity index (χ1v) is 7.28. The molecule has 0 amide bonds. The van der Waals surface area contributed by atoms with E-state index in [1.54, 1.807) is 18.9 Å². The molecule has 0 unspecified atom stereocenters. The molecule has 0 heterocycles. The van der Waals surface area contributed by atoms with Crippen LogP contribution < -0.4 is 5.48 Å². The highest BCUT2D eigenvalue weighted by atomic mass is 35.5. The van der Waals surface area contributed by atoms with E-state index in [4.69, 9.17) is 28.0 Å². The van der Waals surface area contributed by atoms with Gasteiger partial charge in [0.15, 0.2) is 0 Å². The predicted octanol–water partition coefficient (Wildman–Crippen LogP) is 4.69. The van der Waals surface area contributed by atoms with Gasteiger partial charge in [-0.15, -0.1) is 11.8 Å². The predicted molar refractivity (Wildman–Crippen MR) is 80.0 cm³/mol. The third-order valence-corrected chi connectivity index (χ3v) is 4.41. The van der Waals surface area contributed by atoms with Crippen LogP contribution in [-0.2, 0) is 4.84 Å². The summed E-state index contributed by atoms with van der Waals surface area (Å²) in [6.45, 7) is 4.21. The van der Waals surface area contributed by atoms with Gasteiger partial charge < -0.3 is 0 Å². The van der Waals surface area contributed by atoms with Gasteiger partial charge in [0.2, 0.25) is 0 Å². The van der Waals surface area contributed by atoms with Crippen molar-refractivity contribution in [3.63, 3.8) is 0 Å². The number of nitrogens with one attached hydrogen (secondary N) is 1. The Hall–Kier alpha value is -0.350. The third kappa shape index (κ3) is 4.73. The Morgan fingerprint density at radius 2 is 2.00 bits per heavy atom. The van der Waals surface area contributed by atoms with Crippen LogP contribution in [-0.4, -0.2) is 12.9 Å². The highest BCUT2D eigenvalue weighted by Gasteiger charge is 2.23. The lowest BCUT2D eigenvalue weighted by Crippen LogP contribution is -2.28. The average molecular weight is 306 g/mol. The summed E-state index contributed by atoms with van der Waals surface area (Å²) in [6, 6.07) is 7.80. The van der Waals surface area contributed by atoms with Gasteiger partial charge in [-0.3, -0.25) is 10.3 Å². The molecule has 0 aliphatic heterocycles. The van der Waals surface area contributed by atoms with E-state index in [0.717, 1.165) is 16.5 Å².